The van der Waals surface area contributed by atoms with Crippen molar-refractivity contribution in [1.29, 1.82) is 0 Å². The van der Waals surface area contributed by atoms with Gasteiger partial charge >= 0.3 is 12.1 Å². The maximum absolute atomic E-state index is 12.6. The molecule has 0 aliphatic carbocycles. The van der Waals surface area contributed by atoms with E-state index in [4.69, 9.17) is 24.4 Å². The minimum absolute atomic E-state index is 0.125. The largest absolute Gasteiger partial charge is 0.378 e. The molecule has 43 heavy (non-hydrogen) atoms. The standard InChI is InChI=1S/C30H37N9O4/c1-3-36(4-2)30(41)38-13-11-23(12-14-38)32-29(40)31-22-7-5-21(6-8-22)26-33-27(37-15-17-42-18-16-37)35-28(34-26)39-19-24-9-10-25(20-39)43-24/h5-8,11-14,24-25H,3-4,9-10,15-20H2,1-2H3,(H,31,40). The molecule has 3 amide bonds. The Morgan fingerprint density at radius 2 is 1.53 bits per heavy atom. The molecule has 0 spiro atoms. The van der Waals surface area contributed by atoms with Gasteiger partial charge in [-0.1, -0.05) is 0 Å². The lowest BCUT2D eigenvalue weighted by Crippen LogP contribution is -2.44. The van der Waals surface area contributed by atoms with Crippen molar-refractivity contribution in [3.8, 4) is 11.4 Å². The third kappa shape index (κ3) is 6.67. The summed E-state index contributed by atoms with van der Waals surface area (Å²) in [6, 6.07) is 9.99. The van der Waals surface area contributed by atoms with E-state index in [1.807, 2.05) is 26.0 Å². The molecule has 0 saturated carbocycles. The van der Waals surface area contributed by atoms with Crippen LogP contribution in [0.4, 0.5) is 27.2 Å². The van der Waals surface area contributed by atoms with Crippen molar-refractivity contribution in [2.45, 2.75) is 38.9 Å². The molecule has 2 bridgehead atoms. The Labute approximate surface area is 250 Å². The molecule has 2 unspecified atom stereocenters. The van der Waals surface area contributed by atoms with E-state index in [2.05, 4.69) is 20.1 Å². The molecule has 13 heteroatoms. The van der Waals surface area contributed by atoms with Crippen molar-refractivity contribution in [2.24, 2.45) is 4.99 Å². The normalized spacial score (nSPS) is 19.7. The number of anilines is 3. The zero-order chi connectivity index (χ0) is 29.8. The molecule has 3 aromatic rings. The van der Waals surface area contributed by atoms with Gasteiger partial charge in [-0.15, -0.1) is 0 Å². The molecule has 2 aromatic heterocycles. The molecular formula is C30H37N9O4. The van der Waals surface area contributed by atoms with Gasteiger partial charge in [0.05, 0.1) is 30.8 Å². The highest BCUT2D eigenvalue weighted by atomic mass is 16.5. The van der Waals surface area contributed by atoms with Gasteiger partial charge < -0.3 is 29.5 Å². The number of carbonyl (C=O) groups excluding carboxylic acids is 2. The number of fused-ring (bicyclic) bond motifs is 2. The number of nitrogens with one attached hydrogen (secondary N) is 1. The quantitative estimate of drug-likeness (QED) is 0.463. The number of amides is 3. The monoisotopic (exact) mass is 587 g/mol. The second-order valence-corrected chi connectivity index (χ2v) is 10.8. The zero-order valence-electron chi connectivity index (χ0n) is 24.6. The summed E-state index contributed by atoms with van der Waals surface area (Å²) in [5.74, 6) is 1.87. The average Bonchev–Trinajstić information content (AvgIpc) is 3.39. The highest BCUT2D eigenvalue weighted by molar-refractivity contribution is 5.90. The van der Waals surface area contributed by atoms with E-state index in [-0.39, 0.29) is 18.2 Å². The van der Waals surface area contributed by atoms with Gasteiger partial charge in [0.25, 0.3) is 0 Å². The van der Waals surface area contributed by atoms with Crippen LogP contribution in [0, 0.1) is 0 Å². The lowest BCUT2D eigenvalue weighted by molar-refractivity contribution is 0.0299. The highest BCUT2D eigenvalue weighted by Gasteiger charge is 2.35. The molecule has 5 heterocycles. The van der Waals surface area contributed by atoms with Crippen molar-refractivity contribution in [2.75, 3.05) is 67.6 Å². The van der Waals surface area contributed by atoms with Crippen LogP contribution in [0.2, 0.25) is 0 Å². The number of hydrogen-bond acceptors (Lipinski definition) is 9. The first-order chi connectivity index (χ1) is 21.0. The van der Waals surface area contributed by atoms with Gasteiger partial charge in [-0.3, -0.25) is 4.57 Å². The number of morpholine rings is 2. The third-order valence-electron chi connectivity index (χ3n) is 7.92. The van der Waals surface area contributed by atoms with Gasteiger partial charge in [0.1, 0.15) is 0 Å². The Morgan fingerprint density at radius 3 is 2.16 bits per heavy atom. The van der Waals surface area contributed by atoms with Crippen molar-refractivity contribution < 1.29 is 19.1 Å². The summed E-state index contributed by atoms with van der Waals surface area (Å²) in [7, 11) is 0. The van der Waals surface area contributed by atoms with Crippen LogP contribution in [-0.4, -0.2) is 101 Å². The molecule has 226 valence electrons. The van der Waals surface area contributed by atoms with Crippen LogP contribution in [0.5, 0.6) is 0 Å². The van der Waals surface area contributed by atoms with Gasteiger partial charge in [0.2, 0.25) is 11.9 Å². The number of pyridine rings is 1. The maximum Gasteiger partial charge on any atom is 0.345 e. The lowest BCUT2D eigenvalue weighted by atomic mass is 10.2. The first-order valence-corrected chi connectivity index (χ1v) is 14.9. The summed E-state index contributed by atoms with van der Waals surface area (Å²) in [5.41, 5.74) is 1.41. The van der Waals surface area contributed by atoms with Gasteiger partial charge in [-0.2, -0.15) is 19.9 Å². The minimum Gasteiger partial charge on any atom is -0.378 e. The SMILES string of the molecule is CCN(CC)C(=O)n1ccc(=NC(=O)Nc2ccc(-c3nc(N4CCOCC4)nc(N4CC5CCC(C4)O5)n3)cc2)cc1. The predicted molar refractivity (Wildman–Crippen MR) is 161 cm³/mol. The summed E-state index contributed by atoms with van der Waals surface area (Å²) >= 11 is 0. The molecule has 3 fully saturated rings. The number of benzene rings is 1. The van der Waals surface area contributed by atoms with E-state index in [0.29, 0.717) is 55.1 Å². The number of hydrogen-bond donors (Lipinski definition) is 1. The molecular weight excluding hydrogens is 550 g/mol. The van der Waals surface area contributed by atoms with E-state index in [9.17, 15) is 9.59 Å². The summed E-state index contributed by atoms with van der Waals surface area (Å²) in [4.78, 5) is 49.8. The Morgan fingerprint density at radius 1 is 0.907 bits per heavy atom. The van der Waals surface area contributed by atoms with Crippen LogP contribution in [0.3, 0.4) is 0 Å². The van der Waals surface area contributed by atoms with Gasteiger partial charge in [-0.05, 0) is 63.1 Å². The first kappa shape index (κ1) is 28.7. The lowest BCUT2D eigenvalue weighted by Gasteiger charge is -2.33. The van der Waals surface area contributed by atoms with Crippen LogP contribution in [-0.2, 0) is 9.47 Å². The van der Waals surface area contributed by atoms with Crippen molar-refractivity contribution in [3.63, 3.8) is 0 Å². The fourth-order valence-corrected chi connectivity index (χ4v) is 5.56. The summed E-state index contributed by atoms with van der Waals surface area (Å²) < 4.78 is 13.0. The minimum atomic E-state index is -0.514. The number of urea groups is 1. The van der Waals surface area contributed by atoms with Crippen LogP contribution in [0.1, 0.15) is 26.7 Å². The Balaban J connectivity index is 1.18. The number of ether oxygens (including phenoxy) is 2. The van der Waals surface area contributed by atoms with Crippen molar-refractivity contribution in [1.82, 2.24) is 24.4 Å². The van der Waals surface area contributed by atoms with E-state index in [1.54, 1.807) is 41.6 Å². The zero-order valence-corrected chi connectivity index (χ0v) is 24.6. The van der Waals surface area contributed by atoms with E-state index in [1.165, 1.54) is 4.57 Å². The molecule has 3 aliphatic rings. The molecule has 1 aromatic carbocycles. The Kier molecular flexibility index (Phi) is 8.61. The first-order valence-electron chi connectivity index (χ1n) is 14.9. The second kappa shape index (κ2) is 12.9. The predicted octanol–water partition coefficient (Wildman–Crippen LogP) is 2.99. The van der Waals surface area contributed by atoms with Crippen LogP contribution in [0.15, 0.2) is 53.8 Å². The van der Waals surface area contributed by atoms with Crippen molar-refractivity contribution >= 4 is 29.6 Å². The van der Waals surface area contributed by atoms with E-state index >= 15 is 0 Å². The number of aromatic nitrogens is 4. The molecule has 3 aliphatic heterocycles. The molecule has 0 radical (unpaired) electrons. The fraction of sp³-hybridized carbons (Fsp3) is 0.467. The highest BCUT2D eigenvalue weighted by Crippen LogP contribution is 2.30. The van der Waals surface area contributed by atoms with Gasteiger partial charge in [0.15, 0.2) is 5.82 Å². The number of carbonyl (C=O) groups is 2. The molecule has 2 atom stereocenters. The number of nitrogens with zero attached hydrogens (tertiary/aromatic N) is 8. The van der Waals surface area contributed by atoms with Crippen LogP contribution < -0.4 is 20.5 Å². The smallest absolute Gasteiger partial charge is 0.345 e. The van der Waals surface area contributed by atoms with E-state index in [0.717, 1.165) is 44.6 Å². The molecule has 13 nitrogen and oxygen atoms in total. The van der Waals surface area contributed by atoms with Crippen molar-refractivity contribution in [3.05, 3.63) is 54.1 Å². The fourth-order valence-electron chi connectivity index (χ4n) is 5.56. The number of rotatable bonds is 6. The maximum atomic E-state index is 12.6. The summed E-state index contributed by atoms with van der Waals surface area (Å²) in [6.07, 6.45) is 5.77. The van der Waals surface area contributed by atoms with Gasteiger partial charge in [-0.25, -0.2) is 9.59 Å². The summed E-state index contributed by atoms with van der Waals surface area (Å²) in [5, 5.41) is 3.25. The van der Waals surface area contributed by atoms with Crippen LogP contribution in [0.25, 0.3) is 11.4 Å². The average molecular weight is 588 g/mol. The Hall–Kier alpha value is -4.36. The summed E-state index contributed by atoms with van der Waals surface area (Å²) in [6.45, 7) is 9.35. The molecule has 3 saturated heterocycles. The topological polar surface area (TPSA) is 130 Å². The van der Waals surface area contributed by atoms with Crippen LogP contribution >= 0.6 is 0 Å². The third-order valence-corrected chi connectivity index (χ3v) is 7.92. The molecule has 6 rings (SSSR count). The second-order valence-electron chi connectivity index (χ2n) is 10.8. The molecule has 1 N–H and O–H groups in total. The Bertz CT molecular complexity index is 1480. The van der Waals surface area contributed by atoms with Gasteiger partial charge in [0, 0.05) is 62.9 Å². The van der Waals surface area contributed by atoms with E-state index < -0.39 is 6.03 Å².